The number of hydrogen-bond acceptors (Lipinski definition) is 5. The first-order chi connectivity index (χ1) is 18.0. The lowest BCUT2D eigenvalue weighted by molar-refractivity contribution is -0.163. The van der Waals surface area contributed by atoms with Crippen molar-refractivity contribution in [3.63, 3.8) is 0 Å². The van der Waals surface area contributed by atoms with Crippen molar-refractivity contribution in [3.8, 4) is 0 Å². The summed E-state index contributed by atoms with van der Waals surface area (Å²) in [7, 11) is 0. The van der Waals surface area contributed by atoms with Gasteiger partial charge in [0, 0.05) is 12.1 Å². The van der Waals surface area contributed by atoms with Gasteiger partial charge in [-0.1, -0.05) is 12.1 Å². The van der Waals surface area contributed by atoms with Gasteiger partial charge < -0.3 is 20.3 Å². The molecule has 13 heteroatoms. The Morgan fingerprint density at radius 2 is 1.64 bits per heavy atom. The van der Waals surface area contributed by atoms with E-state index in [0.29, 0.717) is 5.56 Å². The Kier molecular flexibility index (Phi) is 6.82. The lowest BCUT2D eigenvalue weighted by Gasteiger charge is -2.57. The molecule has 0 aromatic heterocycles. The number of halogens is 4. The zero-order valence-corrected chi connectivity index (χ0v) is 21.3. The molecule has 2 saturated heterocycles. The Bertz CT molecular complexity index is 1330. The molecule has 39 heavy (non-hydrogen) atoms. The Balaban J connectivity index is 1.67. The summed E-state index contributed by atoms with van der Waals surface area (Å²) in [5.74, 6) is -3.15. The van der Waals surface area contributed by atoms with E-state index in [1.165, 1.54) is 28.0 Å². The van der Waals surface area contributed by atoms with Gasteiger partial charge in [0.2, 0.25) is 11.8 Å². The number of nitrogens with two attached hydrogens (primary N) is 1. The summed E-state index contributed by atoms with van der Waals surface area (Å²) < 4.78 is 59.3. The molecule has 9 nitrogen and oxygen atoms in total. The van der Waals surface area contributed by atoms with Gasteiger partial charge in [-0.05, 0) is 56.7 Å². The molecule has 0 aliphatic carbocycles. The largest absolute Gasteiger partial charge is 0.444 e. The Labute approximate surface area is 221 Å². The number of ether oxygens (including phenoxy) is 1. The highest BCUT2D eigenvalue weighted by molar-refractivity contribution is 6.11. The monoisotopic (exact) mass is 550 g/mol. The van der Waals surface area contributed by atoms with E-state index >= 15 is 0 Å². The zero-order valence-electron chi connectivity index (χ0n) is 21.3. The van der Waals surface area contributed by atoms with Crippen LogP contribution in [0.15, 0.2) is 42.5 Å². The maximum atomic E-state index is 14.9. The predicted molar refractivity (Wildman–Crippen MR) is 130 cm³/mol. The summed E-state index contributed by atoms with van der Waals surface area (Å²) in [5.41, 5.74) is 1.79. The van der Waals surface area contributed by atoms with Crippen LogP contribution < -0.4 is 10.6 Å². The molecule has 1 spiro atoms. The molecule has 2 aliphatic rings. The molecule has 2 N–H and O–H groups in total. The van der Waals surface area contributed by atoms with Gasteiger partial charge >= 0.3 is 12.3 Å². The Morgan fingerprint density at radius 1 is 1.03 bits per heavy atom. The molecule has 4 rings (SSSR count). The molecule has 2 aliphatic heterocycles. The van der Waals surface area contributed by atoms with E-state index < -0.39 is 59.1 Å². The summed E-state index contributed by atoms with van der Waals surface area (Å²) >= 11 is 0. The molecule has 2 fully saturated rings. The number of likely N-dealkylation sites (tertiary alicyclic amines) is 1. The van der Waals surface area contributed by atoms with Crippen LogP contribution in [0.25, 0.3) is 0 Å². The number of carbonyl (C=O) groups excluding carboxylic acids is 4. The first-order valence-electron chi connectivity index (χ1n) is 11.9. The number of alkyl halides is 3. The normalized spacial score (nSPS) is 17.4. The number of rotatable bonds is 4. The van der Waals surface area contributed by atoms with Crippen molar-refractivity contribution in [2.45, 2.75) is 44.6 Å². The van der Waals surface area contributed by atoms with Crippen LogP contribution >= 0.6 is 0 Å². The summed E-state index contributed by atoms with van der Waals surface area (Å²) in [4.78, 5) is 54.6. The molecule has 0 radical (unpaired) electrons. The number of nitrogens with zero attached hydrogens (tertiary/aromatic N) is 3. The number of primary amides is 1. The van der Waals surface area contributed by atoms with E-state index in [9.17, 15) is 36.7 Å². The summed E-state index contributed by atoms with van der Waals surface area (Å²) in [5, 5.41) is 0. The van der Waals surface area contributed by atoms with Crippen LogP contribution in [0.1, 0.15) is 42.3 Å². The molecule has 0 bridgehead atoms. The van der Waals surface area contributed by atoms with E-state index in [4.69, 9.17) is 10.5 Å². The predicted octanol–water partition coefficient (Wildman–Crippen LogP) is 3.31. The van der Waals surface area contributed by atoms with Crippen molar-refractivity contribution in [1.29, 1.82) is 0 Å². The molecular weight excluding hydrogens is 524 g/mol. The molecular formula is C26H26F4N4O5. The second-order valence-electron chi connectivity index (χ2n) is 10.5. The fourth-order valence-electron chi connectivity index (χ4n) is 4.54. The van der Waals surface area contributed by atoms with Crippen molar-refractivity contribution in [2.24, 2.45) is 5.73 Å². The van der Waals surface area contributed by atoms with E-state index in [1.54, 1.807) is 20.8 Å². The van der Waals surface area contributed by atoms with E-state index in [0.717, 1.165) is 29.2 Å². The van der Waals surface area contributed by atoms with Crippen LogP contribution in [-0.4, -0.2) is 64.4 Å². The fraction of sp³-hybridized carbons (Fsp3) is 0.385. The lowest BCUT2D eigenvalue weighted by atomic mass is 9.83. The van der Waals surface area contributed by atoms with Crippen molar-refractivity contribution < 1.29 is 41.5 Å². The minimum Gasteiger partial charge on any atom is -0.444 e. The SMILES string of the molecule is CC(C)(C)OC(=O)N1CC2(C1)C(=O)N(c1ccc(C(N)=O)cc1F)CC(=O)N2Cc1ccc(C(F)(F)F)cc1. The topological polar surface area (TPSA) is 113 Å². The maximum absolute atomic E-state index is 14.9. The summed E-state index contributed by atoms with van der Waals surface area (Å²) in [6, 6.07) is 7.37. The molecule has 4 amide bonds. The number of anilines is 1. The minimum atomic E-state index is -4.55. The average Bonchev–Trinajstić information content (AvgIpc) is 2.79. The number of hydrogen-bond donors (Lipinski definition) is 1. The van der Waals surface area contributed by atoms with Crippen LogP contribution in [0.3, 0.4) is 0 Å². The van der Waals surface area contributed by atoms with Crippen LogP contribution in [0.4, 0.5) is 28.0 Å². The summed E-state index contributed by atoms with van der Waals surface area (Å²) in [6.45, 7) is 3.64. The smallest absolute Gasteiger partial charge is 0.416 e. The quantitative estimate of drug-likeness (QED) is 0.587. The molecule has 0 atom stereocenters. The fourth-order valence-corrected chi connectivity index (χ4v) is 4.54. The van der Waals surface area contributed by atoms with Crippen LogP contribution in [-0.2, 0) is 27.0 Å². The standard InChI is InChI=1S/C26H26F4N4O5/c1-24(2,3)39-23(38)32-13-25(14-32)22(37)33(19-9-6-16(21(31)36)10-18(19)27)12-20(35)34(25)11-15-4-7-17(8-5-15)26(28,29)30/h4-10H,11-14H2,1-3H3,(H2,31,36). The molecule has 208 valence electrons. The van der Waals surface area contributed by atoms with Crippen molar-refractivity contribution >= 4 is 29.5 Å². The molecule has 2 aromatic carbocycles. The zero-order chi connectivity index (χ0) is 28.9. The lowest BCUT2D eigenvalue weighted by Crippen LogP contribution is -2.81. The van der Waals surface area contributed by atoms with Crippen molar-refractivity contribution in [1.82, 2.24) is 9.80 Å². The third-order valence-corrected chi connectivity index (χ3v) is 6.46. The average molecular weight is 551 g/mol. The third-order valence-electron chi connectivity index (χ3n) is 6.46. The van der Waals surface area contributed by atoms with E-state index in [2.05, 4.69) is 0 Å². The highest BCUT2D eigenvalue weighted by Crippen LogP contribution is 2.38. The minimum absolute atomic E-state index is 0.134. The highest BCUT2D eigenvalue weighted by Gasteiger charge is 2.61. The summed E-state index contributed by atoms with van der Waals surface area (Å²) in [6.07, 6.45) is -5.27. The molecule has 0 saturated carbocycles. The molecule has 0 unspecified atom stereocenters. The third kappa shape index (κ3) is 5.38. The second kappa shape index (κ2) is 9.54. The van der Waals surface area contributed by atoms with Crippen molar-refractivity contribution in [2.75, 3.05) is 24.5 Å². The van der Waals surface area contributed by atoms with Gasteiger partial charge in [-0.25, -0.2) is 9.18 Å². The van der Waals surface area contributed by atoms with Gasteiger partial charge in [0.1, 0.15) is 18.0 Å². The van der Waals surface area contributed by atoms with Gasteiger partial charge in [0.15, 0.2) is 5.54 Å². The van der Waals surface area contributed by atoms with Gasteiger partial charge in [-0.3, -0.25) is 19.3 Å². The second-order valence-corrected chi connectivity index (χ2v) is 10.5. The Morgan fingerprint density at radius 3 is 2.15 bits per heavy atom. The first-order valence-corrected chi connectivity index (χ1v) is 11.9. The van der Waals surface area contributed by atoms with Crippen LogP contribution in [0.5, 0.6) is 0 Å². The number of piperazine rings is 1. The van der Waals surface area contributed by atoms with E-state index in [1.807, 2.05) is 0 Å². The maximum Gasteiger partial charge on any atom is 0.416 e. The molecule has 2 heterocycles. The van der Waals surface area contributed by atoms with Crippen molar-refractivity contribution in [3.05, 3.63) is 65.0 Å². The number of amides is 4. The number of benzene rings is 2. The van der Waals surface area contributed by atoms with Gasteiger partial charge in [-0.2, -0.15) is 13.2 Å². The van der Waals surface area contributed by atoms with Crippen LogP contribution in [0, 0.1) is 5.82 Å². The van der Waals surface area contributed by atoms with Gasteiger partial charge in [-0.15, -0.1) is 0 Å². The Hall–Kier alpha value is -4.16. The first kappa shape index (κ1) is 27.9. The van der Waals surface area contributed by atoms with Gasteiger partial charge in [0.25, 0.3) is 5.91 Å². The van der Waals surface area contributed by atoms with Crippen LogP contribution in [0.2, 0.25) is 0 Å². The van der Waals surface area contributed by atoms with Gasteiger partial charge in [0.05, 0.1) is 24.3 Å². The highest BCUT2D eigenvalue weighted by atomic mass is 19.4. The number of carbonyl (C=O) groups is 4. The molecule has 2 aromatic rings. The van der Waals surface area contributed by atoms with E-state index in [-0.39, 0.29) is 30.9 Å².